The standard InChI is InChI=1S/C14H15BrClNO7/c15-12(6-18)14(16,23)13(22,9(19)10(20)24-12)11(21)5-17-8-4-2-1-3-7(8)11/h1-5,9-10,18-23H,6H2/t9-,10+,11?,12+,13-,14-/m0/s1. The van der Waals surface area contributed by atoms with Gasteiger partial charge in [0.05, 0.1) is 12.3 Å². The van der Waals surface area contributed by atoms with E-state index in [0.717, 1.165) is 6.21 Å². The number of hydrogen-bond donors (Lipinski definition) is 6. The summed E-state index contributed by atoms with van der Waals surface area (Å²) in [6.07, 6.45) is -3.41. The zero-order chi connectivity index (χ0) is 18.0. The predicted octanol–water partition coefficient (Wildman–Crippen LogP) is -0.958. The molecule has 24 heavy (non-hydrogen) atoms. The van der Waals surface area contributed by atoms with Crippen LogP contribution in [0.25, 0.3) is 0 Å². The predicted molar refractivity (Wildman–Crippen MR) is 86.1 cm³/mol. The molecule has 6 atom stereocenters. The van der Waals surface area contributed by atoms with E-state index < -0.39 is 39.8 Å². The van der Waals surface area contributed by atoms with Gasteiger partial charge in [0, 0.05) is 11.8 Å². The third kappa shape index (κ3) is 1.96. The highest BCUT2D eigenvalue weighted by Crippen LogP contribution is 2.57. The second-order valence-corrected chi connectivity index (χ2v) is 7.60. The van der Waals surface area contributed by atoms with Gasteiger partial charge >= 0.3 is 0 Å². The van der Waals surface area contributed by atoms with E-state index in [2.05, 4.69) is 20.9 Å². The number of rotatable bonds is 2. The molecule has 8 nitrogen and oxygen atoms in total. The molecule has 0 aromatic heterocycles. The first-order valence-corrected chi connectivity index (χ1v) is 8.07. The van der Waals surface area contributed by atoms with Crippen LogP contribution in [0.1, 0.15) is 5.56 Å². The molecular weight excluding hydrogens is 410 g/mol. The number of aliphatic hydroxyl groups is 6. The highest BCUT2D eigenvalue weighted by atomic mass is 79.9. The number of aliphatic hydroxyl groups excluding tert-OH is 3. The number of nitrogens with zero attached hydrogens (tertiary/aromatic N) is 1. The van der Waals surface area contributed by atoms with E-state index in [1.165, 1.54) is 12.1 Å². The van der Waals surface area contributed by atoms with Crippen molar-refractivity contribution in [3.8, 4) is 0 Å². The number of fused-ring (bicyclic) bond motifs is 1. The van der Waals surface area contributed by atoms with Crippen molar-refractivity contribution < 1.29 is 35.4 Å². The van der Waals surface area contributed by atoms with Crippen LogP contribution in [0.15, 0.2) is 29.3 Å². The summed E-state index contributed by atoms with van der Waals surface area (Å²) in [6, 6.07) is 6.13. The molecular formula is C14H15BrClNO7. The number of aliphatic imine (C=N–C) groups is 1. The Labute approximate surface area is 149 Å². The van der Waals surface area contributed by atoms with Gasteiger partial charge in [0.15, 0.2) is 22.0 Å². The summed E-state index contributed by atoms with van der Waals surface area (Å²) in [7, 11) is 0. The number of benzene rings is 1. The second-order valence-electron chi connectivity index (χ2n) is 5.77. The fraction of sp³-hybridized carbons (Fsp3) is 0.500. The SMILES string of the molecule is OC[C@@]1(Br)O[C@@H](O)[C@H](O)[C@](O)(C2(O)C=Nc3ccccc32)[C@]1(O)Cl. The van der Waals surface area contributed by atoms with Crippen molar-refractivity contribution in [2.75, 3.05) is 6.61 Å². The Bertz CT molecular complexity index is 703. The van der Waals surface area contributed by atoms with Crippen LogP contribution in [0.4, 0.5) is 5.69 Å². The molecule has 3 rings (SSSR count). The van der Waals surface area contributed by atoms with Gasteiger partial charge in [-0.05, 0) is 22.0 Å². The minimum Gasteiger partial charge on any atom is -0.392 e. The largest absolute Gasteiger partial charge is 0.392 e. The highest BCUT2D eigenvalue weighted by Gasteiger charge is 2.77. The number of ether oxygens (including phenoxy) is 1. The quantitative estimate of drug-likeness (QED) is 0.336. The summed E-state index contributed by atoms with van der Waals surface area (Å²) in [5.41, 5.74) is -5.15. The van der Waals surface area contributed by atoms with Gasteiger partial charge < -0.3 is 35.4 Å². The van der Waals surface area contributed by atoms with Crippen LogP contribution in [0.2, 0.25) is 0 Å². The van der Waals surface area contributed by atoms with Crippen molar-refractivity contribution in [3.63, 3.8) is 0 Å². The van der Waals surface area contributed by atoms with E-state index in [1.54, 1.807) is 12.1 Å². The first-order valence-electron chi connectivity index (χ1n) is 6.89. The van der Waals surface area contributed by atoms with E-state index in [9.17, 15) is 30.6 Å². The summed E-state index contributed by atoms with van der Waals surface area (Å²) in [5, 5.41) is 59.8. The van der Waals surface area contributed by atoms with Gasteiger partial charge in [0.25, 0.3) is 0 Å². The molecule has 0 bridgehead atoms. The average Bonchev–Trinajstić information content (AvgIpc) is 2.90. The van der Waals surface area contributed by atoms with Gasteiger partial charge in [-0.15, -0.1) is 0 Å². The van der Waals surface area contributed by atoms with Crippen LogP contribution in [-0.2, 0) is 10.3 Å². The Morgan fingerprint density at radius 3 is 2.46 bits per heavy atom. The topological polar surface area (TPSA) is 143 Å². The Kier molecular flexibility index (Phi) is 4.12. The smallest absolute Gasteiger partial charge is 0.215 e. The van der Waals surface area contributed by atoms with Crippen molar-refractivity contribution >= 4 is 39.4 Å². The third-order valence-corrected chi connectivity index (χ3v) is 6.33. The molecule has 1 unspecified atom stereocenters. The second kappa shape index (κ2) is 5.44. The Balaban J connectivity index is 2.25. The molecule has 1 saturated heterocycles. The van der Waals surface area contributed by atoms with Crippen molar-refractivity contribution in [3.05, 3.63) is 29.8 Å². The Morgan fingerprint density at radius 2 is 1.83 bits per heavy atom. The molecule has 0 radical (unpaired) electrons. The van der Waals surface area contributed by atoms with Crippen LogP contribution >= 0.6 is 27.5 Å². The van der Waals surface area contributed by atoms with Crippen molar-refractivity contribution in [1.82, 2.24) is 0 Å². The summed E-state index contributed by atoms with van der Waals surface area (Å²) >= 11 is 8.89. The lowest BCUT2D eigenvalue weighted by Crippen LogP contribution is -2.82. The van der Waals surface area contributed by atoms with E-state index >= 15 is 0 Å². The molecule has 2 heterocycles. The number of alkyl halides is 2. The summed E-state index contributed by atoms with van der Waals surface area (Å²) in [5.74, 6) is 0. The van der Waals surface area contributed by atoms with Crippen LogP contribution < -0.4 is 0 Å². The molecule has 1 aromatic carbocycles. The normalized spacial score (nSPS) is 47.7. The zero-order valence-corrected chi connectivity index (χ0v) is 14.4. The van der Waals surface area contributed by atoms with Crippen LogP contribution in [-0.4, -0.2) is 71.0 Å². The lowest BCUT2D eigenvalue weighted by molar-refractivity contribution is -0.369. The van der Waals surface area contributed by atoms with Gasteiger partial charge in [-0.3, -0.25) is 4.99 Å². The lowest BCUT2D eigenvalue weighted by Gasteiger charge is -2.58. The number of halogens is 2. The molecule has 132 valence electrons. The molecule has 1 aromatic rings. The molecule has 2 aliphatic heterocycles. The maximum atomic E-state index is 11.2. The molecule has 10 heteroatoms. The molecule has 0 saturated carbocycles. The van der Waals surface area contributed by atoms with Crippen molar-refractivity contribution in [2.45, 2.75) is 33.2 Å². The van der Waals surface area contributed by atoms with E-state index in [-0.39, 0.29) is 11.3 Å². The molecule has 0 spiro atoms. The average molecular weight is 425 g/mol. The first kappa shape index (κ1) is 18.2. The van der Waals surface area contributed by atoms with E-state index in [0.29, 0.717) is 0 Å². The maximum Gasteiger partial charge on any atom is 0.215 e. The molecule has 0 aliphatic carbocycles. The van der Waals surface area contributed by atoms with Crippen molar-refractivity contribution in [1.29, 1.82) is 0 Å². The van der Waals surface area contributed by atoms with Gasteiger partial charge in [0.1, 0.15) is 6.10 Å². The minimum atomic E-state index is -3.00. The fourth-order valence-electron chi connectivity index (χ4n) is 3.09. The van der Waals surface area contributed by atoms with Crippen LogP contribution in [0, 0.1) is 0 Å². The number of para-hydroxylation sites is 1. The Hall–Kier alpha value is -0.620. The number of hydrogen-bond acceptors (Lipinski definition) is 8. The maximum absolute atomic E-state index is 11.2. The van der Waals surface area contributed by atoms with E-state index in [1.807, 2.05) is 0 Å². The van der Waals surface area contributed by atoms with Crippen LogP contribution in [0.5, 0.6) is 0 Å². The highest BCUT2D eigenvalue weighted by molar-refractivity contribution is 9.10. The van der Waals surface area contributed by atoms with Gasteiger partial charge in [-0.2, -0.15) is 0 Å². The monoisotopic (exact) mass is 423 g/mol. The van der Waals surface area contributed by atoms with Gasteiger partial charge in [0.2, 0.25) is 5.06 Å². The molecule has 2 aliphatic rings. The minimum absolute atomic E-state index is 0.0486. The zero-order valence-electron chi connectivity index (χ0n) is 12.0. The van der Waals surface area contributed by atoms with E-state index in [4.69, 9.17) is 16.3 Å². The molecule has 0 amide bonds. The molecule has 1 fully saturated rings. The van der Waals surface area contributed by atoms with Crippen molar-refractivity contribution in [2.24, 2.45) is 4.99 Å². The van der Waals surface area contributed by atoms with Gasteiger partial charge in [-0.1, -0.05) is 29.8 Å². The fourth-order valence-corrected chi connectivity index (χ4v) is 3.94. The Morgan fingerprint density at radius 1 is 1.21 bits per heavy atom. The molecule has 6 N–H and O–H groups in total. The van der Waals surface area contributed by atoms with Crippen LogP contribution in [0.3, 0.4) is 0 Å². The van der Waals surface area contributed by atoms with Gasteiger partial charge in [-0.25, -0.2) is 0 Å². The lowest BCUT2D eigenvalue weighted by atomic mass is 9.68. The summed E-state index contributed by atoms with van der Waals surface area (Å²) < 4.78 is 2.63. The first-order chi connectivity index (χ1) is 11.0. The third-order valence-electron chi connectivity index (χ3n) is 4.50. The summed E-state index contributed by atoms with van der Waals surface area (Å²) in [4.78, 5) is 3.96. The summed E-state index contributed by atoms with van der Waals surface area (Å²) in [6.45, 7) is -0.992.